The largest absolute Gasteiger partial charge is 0.497 e. The molecule has 0 spiro atoms. The summed E-state index contributed by atoms with van der Waals surface area (Å²) in [4.78, 5) is 2.79. The molecule has 0 unspecified atom stereocenters. The van der Waals surface area contributed by atoms with Crippen molar-refractivity contribution in [3.8, 4) is 5.75 Å². The summed E-state index contributed by atoms with van der Waals surface area (Å²) in [6.45, 7) is 5.05. The van der Waals surface area contributed by atoms with Gasteiger partial charge in [-0.2, -0.15) is 0 Å². The molecule has 1 aromatic rings. The van der Waals surface area contributed by atoms with Crippen LogP contribution in [0.2, 0.25) is 0 Å². The van der Waals surface area contributed by atoms with E-state index in [-0.39, 0.29) is 5.25 Å². The molecule has 21 heavy (non-hydrogen) atoms. The van der Waals surface area contributed by atoms with Crippen molar-refractivity contribution in [2.24, 2.45) is 0 Å². The molecule has 1 aromatic carbocycles. The molecule has 1 heterocycles. The Labute approximate surface area is 128 Å². The van der Waals surface area contributed by atoms with Gasteiger partial charge in [-0.05, 0) is 63.2 Å². The number of nitrogens with zero attached hydrogens (tertiary/aromatic N) is 1. The zero-order valence-corrected chi connectivity index (χ0v) is 13.7. The summed E-state index contributed by atoms with van der Waals surface area (Å²) in [6.07, 6.45) is 3.84. The maximum atomic E-state index is 12.6. The highest BCUT2D eigenvalue weighted by Gasteiger charge is 2.31. The first-order chi connectivity index (χ1) is 10.1. The molecule has 0 radical (unpaired) electrons. The second kappa shape index (κ2) is 7.27. The number of rotatable bonds is 6. The fourth-order valence-electron chi connectivity index (χ4n) is 2.78. The van der Waals surface area contributed by atoms with Crippen molar-refractivity contribution in [3.05, 3.63) is 24.3 Å². The van der Waals surface area contributed by atoms with Crippen LogP contribution in [-0.4, -0.2) is 45.3 Å². The molecule has 1 fully saturated rings. The molecule has 0 aromatic heterocycles. The lowest BCUT2D eigenvalue weighted by molar-refractivity contribution is 0.227. The molecular weight excluding hydrogens is 286 g/mol. The summed E-state index contributed by atoms with van der Waals surface area (Å²) in [5.41, 5.74) is 0. The van der Waals surface area contributed by atoms with E-state index in [1.165, 1.54) is 12.8 Å². The molecule has 0 atom stereocenters. The van der Waals surface area contributed by atoms with Gasteiger partial charge in [-0.3, -0.25) is 0 Å². The Kier molecular flexibility index (Phi) is 5.65. The topological polar surface area (TPSA) is 46.6 Å². The maximum Gasteiger partial charge on any atom is 0.181 e. The average molecular weight is 311 g/mol. The van der Waals surface area contributed by atoms with Gasteiger partial charge in [0.2, 0.25) is 0 Å². The van der Waals surface area contributed by atoms with Crippen LogP contribution in [0.1, 0.15) is 32.6 Å². The Bertz CT molecular complexity index is 531. The monoisotopic (exact) mass is 311 g/mol. The SMILES string of the molecule is CCCCN1CCC(S(=O)(=O)c2ccc(OC)cc2)CC1. The highest BCUT2D eigenvalue weighted by atomic mass is 32.2. The summed E-state index contributed by atoms with van der Waals surface area (Å²) in [6, 6.07) is 6.72. The van der Waals surface area contributed by atoms with Crippen molar-refractivity contribution in [1.82, 2.24) is 4.90 Å². The van der Waals surface area contributed by atoms with Crippen LogP contribution >= 0.6 is 0 Å². The van der Waals surface area contributed by atoms with Gasteiger partial charge in [0.25, 0.3) is 0 Å². The zero-order valence-electron chi connectivity index (χ0n) is 12.9. The minimum Gasteiger partial charge on any atom is -0.497 e. The molecule has 1 aliphatic rings. The summed E-state index contributed by atoms with van der Waals surface area (Å²) < 4.78 is 30.4. The van der Waals surface area contributed by atoms with E-state index in [0.29, 0.717) is 10.6 Å². The summed E-state index contributed by atoms with van der Waals surface area (Å²) in [7, 11) is -1.63. The average Bonchev–Trinajstić information content (AvgIpc) is 2.53. The van der Waals surface area contributed by atoms with Crippen LogP contribution in [0.4, 0.5) is 0 Å². The highest BCUT2D eigenvalue weighted by molar-refractivity contribution is 7.92. The lowest BCUT2D eigenvalue weighted by Gasteiger charge is -2.31. The van der Waals surface area contributed by atoms with Crippen molar-refractivity contribution < 1.29 is 13.2 Å². The second-order valence-corrected chi connectivity index (χ2v) is 7.84. The molecule has 2 rings (SSSR count). The van der Waals surface area contributed by atoms with E-state index in [2.05, 4.69) is 11.8 Å². The quantitative estimate of drug-likeness (QED) is 0.810. The van der Waals surface area contributed by atoms with Gasteiger partial charge in [0.15, 0.2) is 9.84 Å². The number of sulfone groups is 1. The molecule has 0 amide bonds. The first kappa shape index (κ1) is 16.3. The molecule has 0 N–H and O–H groups in total. The lowest BCUT2D eigenvalue weighted by Crippen LogP contribution is -2.39. The van der Waals surface area contributed by atoms with E-state index in [1.54, 1.807) is 31.4 Å². The molecule has 1 saturated heterocycles. The molecule has 5 heteroatoms. The van der Waals surface area contributed by atoms with Gasteiger partial charge in [-0.25, -0.2) is 8.42 Å². The van der Waals surface area contributed by atoms with Gasteiger partial charge < -0.3 is 9.64 Å². The van der Waals surface area contributed by atoms with Crippen molar-refractivity contribution in [2.45, 2.75) is 42.8 Å². The minimum atomic E-state index is -3.21. The minimum absolute atomic E-state index is 0.247. The molecule has 1 aliphatic heterocycles. The van der Waals surface area contributed by atoms with Gasteiger partial charge in [-0.15, -0.1) is 0 Å². The fraction of sp³-hybridized carbons (Fsp3) is 0.625. The van der Waals surface area contributed by atoms with Gasteiger partial charge in [-0.1, -0.05) is 13.3 Å². The first-order valence-electron chi connectivity index (χ1n) is 7.68. The predicted molar refractivity (Wildman–Crippen MR) is 84.5 cm³/mol. The Hall–Kier alpha value is -1.07. The smallest absolute Gasteiger partial charge is 0.181 e. The van der Waals surface area contributed by atoms with Crippen LogP contribution in [0, 0.1) is 0 Å². The van der Waals surface area contributed by atoms with Gasteiger partial charge >= 0.3 is 0 Å². The maximum absolute atomic E-state index is 12.6. The van der Waals surface area contributed by atoms with Crippen molar-refractivity contribution in [1.29, 1.82) is 0 Å². The first-order valence-corrected chi connectivity index (χ1v) is 9.23. The molecule has 4 nitrogen and oxygen atoms in total. The van der Waals surface area contributed by atoms with Gasteiger partial charge in [0, 0.05) is 0 Å². The van der Waals surface area contributed by atoms with Crippen molar-refractivity contribution in [2.75, 3.05) is 26.7 Å². The number of likely N-dealkylation sites (tertiary alicyclic amines) is 1. The second-order valence-electron chi connectivity index (χ2n) is 5.62. The number of methoxy groups -OCH3 is 1. The predicted octanol–water partition coefficient (Wildman–Crippen LogP) is 2.73. The molecule has 118 valence electrons. The van der Waals surface area contributed by atoms with E-state index in [9.17, 15) is 8.42 Å². The van der Waals surface area contributed by atoms with Crippen LogP contribution in [0.25, 0.3) is 0 Å². The molecule has 0 aliphatic carbocycles. The third-order valence-corrected chi connectivity index (χ3v) is 6.47. The van der Waals surface area contributed by atoms with Gasteiger partial charge in [0.05, 0.1) is 17.3 Å². The Morgan fingerprint density at radius 3 is 2.33 bits per heavy atom. The standard InChI is InChI=1S/C16H25NO3S/c1-3-4-11-17-12-9-16(10-13-17)21(18,19)15-7-5-14(20-2)6-8-15/h5-8,16H,3-4,9-13H2,1-2H3. The van der Waals surface area contributed by atoms with E-state index in [0.717, 1.165) is 32.5 Å². The van der Waals surface area contributed by atoms with E-state index in [1.807, 2.05) is 0 Å². The zero-order chi connectivity index (χ0) is 15.3. The van der Waals surface area contributed by atoms with Gasteiger partial charge in [0.1, 0.15) is 5.75 Å². The Morgan fingerprint density at radius 2 is 1.81 bits per heavy atom. The van der Waals surface area contributed by atoms with Crippen molar-refractivity contribution in [3.63, 3.8) is 0 Å². The summed E-state index contributed by atoms with van der Waals surface area (Å²) in [5, 5.41) is -0.247. The van der Waals surface area contributed by atoms with Crippen molar-refractivity contribution >= 4 is 9.84 Å². The molecular formula is C16H25NO3S. The normalized spacial score (nSPS) is 17.8. The number of hydrogen-bond donors (Lipinski definition) is 0. The Morgan fingerprint density at radius 1 is 1.19 bits per heavy atom. The molecule has 0 saturated carbocycles. The third-order valence-electron chi connectivity index (χ3n) is 4.19. The lowest BCUT2D eigenvalue weighted by atomic mass is 10.1. The van der Waals surface area contributed by atoms with E-state index >= 15 is 0 Å². The molecule has 0 bridgehead atoms. The number of benzene rings is 1. The van der Waals surface area contributed by atoms with Crippen LogP contribution < -0.4 is 4.74 Å². The van der Waals surface area contributed by atoms with Crippen LogP contribution in [0.5, 0.6) is 5.75 Å². The van der Waals surface area contributed by atoms with Crippen LogP contribution in [0.15, 0.2) is 29.2 Å². The number of hydrogen-bond acceptors (Lipinski definition) is 4. The van der Waals surface area contributed by atoms with E-state index < -0.39 is 9.84 Å². The number of ether oxygens (including phenoxy) is 1. The fourth-order valence-corrected chi connectivity index (χ4v) is 4.51. The number of unbranched alkanes of at least 4 members (excludes halogenated alkanes) is 1. The summed E-state index contributed by atoms with van der Waals surface area (Å²) in [5.74, 6) is 0.684. The van der Waals surface area contributed by atoms with E-state index in [4.69, 9.17) is 4.74 Å². The third kappa shape index (κ3) is 3.98. The highest BCUT2D eigenvalue weighted by Crippen LogP contribution is 2.26. The number of piperidine rings is 1. The summed E-state index contributed by atoms with van der Waals surface area (Å²) >= 11 is 0. The van der Waals surface area contributed by atoms with Crippen LogP contribution in [-0.2, 0) is 9.84 Å². The Balaban J connectivity index is 2.00. The van der Waals surface area contributed by atoms with Crippen LogP contribution in [0.3, 0.4) is 0 Å².